The van der Waals surface area contributed by atoms with Crippen LogP contribution in [0.1, 0.15) is 56.2 Å². The molecule has 0 radical (unpaired) electrons. The molecular weight excluding hydrogens is 390 g/mol. The van der Waals surface area contributed by atoms with Gasteiger partial charge in [0.1, 0.15) is 11.6 Å². The van der Waals surface area contributed by atoms with E-state index in [0.29, 0.717) is 30.5 Å². The van der Waals surface area contributed by atoms with Crippen molar-refractivity contribution < 1.29 is 9.53 Å². The molecule has 2 aromatic rings. The first-order valence-corrected chi connectivity index (χ1v) is 11.4. The summed E-state index contributed by atoms with van der Waals surface area (Å²) in [4.78, 5) is 25.9. The van der Waals surface area contributed by atoms with Gasteiger partial charge in [0.05, 0.1) is 12.6 Å². The number of hydrogen-bond acceptors (Lipinski definition) is 7. The molecule has 0 saturated carbocycles. The molecule has 2 N–H and O–H groups in total. The number of rotatable bonds is 8. The van der Waals surface area contributed by atoms with Gasteiger partial charge >= 0.3 is 6.01 Å². The van der Waals surface area contributed by atoms with Crippen LogP contribution in [0.15, 0.2) is 24.3 Å². The third kappa shape index (κ3) is 5.34. The highest BCUT2D eigenvalue weighted by atomic mass is 16.5. The van der Waals surface area contributed by atoms with E-state index < -0.39 is 0 Å². The van der Waals surface area contributed by atoms with Crippen molar-refractivity contribution in [1.82, 2.24) is 14.9 Å². The van der Waals surface area contributed by atoms with Crippen molar-refractivity contribution >= 4 is 17.4 Å². The molecule has 1 unspecified atom stereocenters. The van der Waals surface area contributed by atoms with Gasteiger partial charge < -0.3 is 15.4 Å². The lowest BCUT2D eigenvalue weighted by Crippen LogP contribution is -2.37. The molecule has 7 heteroatoms. The largest absolute Gasteiger partial charge is 0.460 e. The first-order chi connectivity index (χ1) is 15.0. The second kappa shape index (κ2) is 9.64. The first kappa shape index (κ1) is 21.6. The second-order valence-electron chi connectivity index (χ2n) is 8.79. The molecule has 1 aromatic heterocycles. The molecule has 166 valence electrons. The van der Waals surface area contributed by atoms with Crippen molar-refractivity contribution in [2.75, 3.05) is 30.3 Å². The summed E-state index contributed by atoms with van der Waals surface area (Å²) in [6, 6.07) is 8.92. The number of anilines is 2. The summed E-state index contributed by atoms with van der Waals surface area (Å²) in [6.07, 6.45) is 4.81. The van der Waals surface area contributed by atoms with Gasteiger partial charge in [0, 0.05) is 25.1 Å². The maximum Gasteiger partial charge on any atom is 0.320 e. The van der Waals surface area contributed by atoms with Gasteiger partial charge in [-0.15, -0.1) is 0 Å². The van der Waals surface area contributed by atoms with Gasteiger partial charge in [0.15, 0.2) is 5.78 Å². The van der Waals surface area contributed by atoms with Crippen LogP contribution in [0.3, 0.4) is 0 Å². The molecule has 1 atom stereocenters. The standard InChI is InChI=1S/C24H33N5O2/c1-3-7-17(2)31-24-26-22(25)21-13-20(30)16-29(23(21)27-24)15-19-9-6-8-18(12-19)14-28-10-4-5-11-28/h6,8-9,12,17H,3-5,7,10-11,13-16H2,1-2H3,(H2,25,26,27). The van der Waals surface area contributed by atoms with E-state index >= 15 is 0 Å². The second-order valence-corrected chi connectivity index (χ2v) is 8.79. The molecule has 0 spiro atoms. The monoisotopic (exact) mass is 423 g/mol. The lowest BCUT2D eigenvalue weighted by atomic mass is 10.0. The van der Waals surface area contributed by atoms with Crippen molar-refractivity contribution in [3.8, 4) is 6.01 Å². The molecule has 4 rings (SSSR count). The van der Waals surface area contributed by atoms with Crippen LogP contribution in [0.25, 0.3) is 0 Å². The van der Waals surface area contributed by atoms with Crippen molar-refractivity contribution in [3.05, 3.63) is 41.0 Å². The summed E-state index contributed by atoms with van der Waals surface area (Å²) in [7, 11) is 0. The van der Waals surface area contributed by atoms with Crippen LogP contribution in [0.4, 0.5) is 11.6 Å². The van der Waals surface area contributed by atoms with E-state index in [-0.39, 0.29) is 18.3 Å². The highest BCUT2D eigenvalue weighted by Gasteiger charge is 2.28. The van der Waals surface area contributed by atoms with E-state index in [0.717, 1.165) is 30.8 Å². The zero-order chi connectivity index (χ0) is 21.8. The van der Waals surface area contributed by atoms with Crippen LogP contribution in [-0.4, -0.2) is 46.4 Å². The maximum atomic E-state index is 12.4. The minimum Gasteiger partial charge on any atom is -0.460 e. The molecule has 1 saturated heterocycles. The van der Waals surface area contributed by atoms with E-state index in [4.69, 9.17) is 10.5 Å². The minimum atomic E-state index is 0.0170. The quantitative estimate of drug-likeness (QED) is 0.697. The average molecular weight is 424 g/mol. The number of hydrogen-bond donors (Lipinski definition) is 1. The fourth-order valence-corrected chi connectivity index (χ4v) is 4.51. The van der Waals surface area contributed by atoms with Crippen LogP contribution in [-0.2, 0) is 24.3 Å². The minimum absolute atomic E-state index is 0.0170. The molecule has 0 amide bonds. The number of likely N-dealkylation sites (tertiary alicyclic amines) is 1. The summed E-state index contributed by atoms with van der Waals surface area (Å²) < 4.78 is 5.90. The van der Waals surface area contributed by atoms with Crippen LogP contribution in [0.5, 0.6) is 6.01 Å². The van der Waals surface area contributed by atoms with Gasteiger partial charge in [-0.1, -0.05) is 37.6 Å². The zero-order valence-corrected chi connectivity index (χ0v) is 18.6. The number of benzene rings is 1. The smallest absolute Gasteiger partial charge is 0.320 e. The number of fused-ring (bicyclic) bond motifs is 1. The predicted molar refractivity (Wildman–Crippen MR) is 122 cm³/mol. The fourth-order valence-electron chi connectivity index (χ4n) is 4.51. The first-order valence-electron chi connectivity index (χ1n) is 11.4. The van der Waals surface area contributed by atoms with E-state index in [2.05, 4.69) is 46.1 Å². The highest BCUT2D eigenvalue weighted by molar-refractivity contribution is 5.91. The number of aromatic nitrogens is 2. The summed E-state index contributed by atoms with van der Waals surface area (Å²) in [5.74, 6) is 1.18. The summed E-state index contributed by atoms with van der Waals surface area (Å²) in [5.41, 5.74) is 9.39. The molecule has 1 fully saturated rings. The van der Waals surface area contributed by atoms with E-state index in [1.54, 1.807) is 0 Å². The van der Waals surface area contributed by atoms with Crippen LogP contribution in [0, 0.1) is 0 Å². The summed E-state index contributed by atoms with van der Waals surface area (Å²) in [6.45, 7) is 8.38. The van der Waals surface area contributed by atoms with Gasteiger partial charge in [0.25, 0.3) is 0 Å². The Morgan fingerprint density at radius 2 is 1.90 bits per heavy atom. The van der Waals surface area contributed by atoms with Crippen molar-refractivity contribution in [2.24, 2.45) is 0 Å². The van der Waals surface area contributed by atoms with Crippen LogP contribution in [0.2, 0.25) is 0 Å². The molecule has 2 aliphatic rings. The molecular formula is C24H33N5O2. The number of ether oxygens (including phenoxy) is 1. The Hall–Kier alpha value is -2.67. The number of nitrogens with two attached hydrogens (primary N) is 1. The topological polar surface area (TPSA) is 84.6 Å². The number of nitrogen functional groups attached to an aromatic ring is 1. The van der Waals surface area contributed by atoms with Gasteiger partial charge in [-0.05, 0) is 50.4 Å². The summed E-state index contributed by atoms with van der Waals surface area (Å²) in [5, 5.41) is 0. The molecule has 7 nitrogen and oxygen atoms in total. The third-order valence-corrected chi connectivity index (χ3v) is 6.01. The van der Waals surface area contributed by atoms with Crippen LogP contribution < -0.4 is 15.4 Å². The molecule has 2 aliphatic heterocycles. The SMILES string of the molecule is CCCC(C)Oc1nc(N)c2c(n1)N(Cc1cccc(CN3CCCC3)c1)CC(=O)C2. The zero-order valence-electron chi connectivity index (χ0n) is 18.6. The Kier molecular flexibility index (Phi) is 6.70. The van der Waals surface area contributed by atoms with Gasteiger partial charge in [-0.25, -0.2) is 0 Å². The maximum absolute atomic E-state index is 12.4. The molecule has 3 heterocycles. The molecule has 0 bridgehead atoms. The Balaban J connectivity index is 1.55. The third-order valence-electron chi connectivity index (χ3n) is 6.01. The number of Topliss-reactive ketones (excluding diaryl/α,β-unsaturated/α-hetero) is 1. The number of ketones is 1. The van der Waals surface area contributed by atoms with Crippen LogP contribution >= 0.6 is 0 Å². The molecule has 31 heavy (non-hydrogen) atoms. The predicted octanol–water partition coefficient (Wildman–Crippen LogP) is 3.35. The van der Waals surface area contributed by atoms with Gasteiger partial charge in [0.2, 0.25) is 0 Å². The number of carbonyl (C=O) groups excluding carboxylic acids is 1. The Labute approximate surface area is 184 Å². The Morgan fingerprint density at radius 3 is 2.65 bits per heavy atom. The lowest BCUT2D eigenvalue weighted by Gasteiger charge is -2.30. The number of nitrogens with zero attached hydrogens (tertiary/aromatic N) is 4. The van der Waals surface area contributed by atoms with Gasteiger partial charge in [-0.2, -0.15) is 9.97 Å². The van der Waals surface area contributed by atoms with Gasteiger partial charge in [-0.3, -0.25) is 9.69 Å². The fraction of sp³-hybridized carbons (Fsp3) is 0.542. The van der Waals surface area contributed by atoms with E-state index in [9.17, 15) is 4.79 Å². The van der Waals surface area contributed by atoms with Crippen molar-refractivity contribution in [1.29, 1.82) is 0 Å². The summed E-state index contributed by atoms with van der Waals surface area (Å²) >= 11 is 0. The highest BCUT2D eigenvalue weighted by Crippen LogP contribution is 2.31. The Bertz CT molecular complexity index is 926. The molecule has 1 aromatic carbocycles. The molecule has 0 aliphatic carbocycles. The number of carbonyl (C=O) groups is 1. The lowest BCUT2D eigenvalue weighted by molar-refractivity contribution is -0.117. The van der Waals surface area contributed by atoms with E-state index in [1.807, 2.05) is 11.8 Å². The van der Waals surface area contributed by atoms with Crippen molar-refractivity contribution in [2.45, 2.75) is 65.1 Å². The Morgan fingerprint density at radius 1 is 1.16 bits per heavy atom. The van der Waals surface area contributed by atoms with E-state index in [1.165, 1.54) is 31.5 Å². The average Bonchev–Trinajstić information content (AvgIpc) is 3.22. The van der Waals surface area contributed by atoms with Crippen molar-refractivity contribution in [3.63, 3.8) is 0 Å². The normalized spacial score (nSPS) is 17.6.